The Kier molecular flexibility index (Phi) is 3.60. The molecule has 4 rings (SSSR count). The molecule has 0 saturated heterocycles. The van der Waals surface area contributed by atoms with Crippen LogP contribution in [0.2, 0.25) is 0 Å². The molecule has 0 heterocycles. The highest BCUT2D eigenvalue weighted by molar-refractivity contribution is 5.77. The number of hydrogen-bond donors (Lipinski definition) is 2. The number of carbonyl (C=O) groups excluding carboxylic acids is 1. The number of nitrogens with one attached hydrogen (secondary N) is 2. The predicted octanol–water partition coefficient (Wildman–Crippen LogP) is 1.93. The van der Waals surface area contributed by atoms with Crippen LogP contribution in [0.4, 0.5) is 0 Å². The third kappa shape index (κ3) is 2.42. The molecule has 4 fully saturated rings. The minimum Gasteiger partial charge on any atom is -0.355 e. The molecule has 0 aromatic carbocycles. The van der Waals surface area contributed by atoms with Gasteiger partial charge in [0.05, 0.1) is 6.54 Å². The summed E-state index contributed by atoms with van der Waals surface area (Å²) in [5, 5.41) is 6.52. The van der Waals surface area contributed by atoms with Gasteiger partial charge in [0.1, 0.15) is 0 Å². The quantitative estimate of drug-likeness (QED) is 0.783. The molecule has 18 heavy (non-hydrogen) atoms. The summed E-state index contributed by atoms with van der Waals surface area (Å²) >= 11 is 0. The Morgan fingerprint density at radius 1 is 1.06 bits per heavy atom. The van der Waals surface area contributed by atoms with Gasteiger partial charge in [-0.1, -0.05) is 6.92 Å². The third-order valence-electron chi connectivity index (χ3n) is 5.30. The standard InChI is InChI=1S/C15H26N2O/c1-2-3-16-14(18)9-17-15-12-5-10-4-11(7-12)8-13(15)6-10/h10-13,15,17H,2-9H2,1H3,(H,16,18). The van der Waals surface area contributed by atoms with Crippen LogP contribution in [0.3, 0.4) is 0 Å². The average molecular weight is 250 g/mol. The van der Waals surface area contributed by atoms with Crippen molar-refractivity contribution in [3.05, 3.63) is 0 Å². The van der Waals surface area contributed by atoms with Crippen molar-refractivity contribution >= 4 is 5.91 Å². The highest BCUT2D eigenvalue weighted by Crippen LogP contribution is 2.53. The molecule has 0 spiro atoms. The molecule has 3 heteroatoms. The van der Waals surface area contributed by atoms with Gasteiger partial charge in [-0.15, -0.1) is 0 Å². The molecule has 3 nitrogen and oxygen atoms in total. The zero-order valence-corrected chi connectivity index (χ0v) is 11.5. The summed E-state index contributed by atoms with van der Waals surface area (Å²) in [5.41, 5.74) is 0. The van der Waals surface area contributed by atoms with E-state index >= 15 is 0 Å². The van der Waals surface area contributed by atoms with E-state index in [1.54, 1.807) is 0 Å². The molecule has 0 unspecified atom stereocenters. The fourth-order valence-electron chi connectivity index (χ4n) is 4.80. The molecule has 0 aliphatic heterocycles. The molecule has 4 aliphatic carbocycles. The van der Waals surface area contributed by atoms with Gasteiger partial charge in [-0.2, -0.15) is 0 Å². The maximum atomic E-state index is 11.7. The summed E-state index contributed by atoms with van der Waals surface area (Å²) in [6.07, 6.45) is 8.19. The van der Waals surface area contributed by atoms with Crippen molar-refractivity contribution in [1.29, 1.82) is 0 Å². The smallest absolute Gasteiger partial charge is 0.233 e. The molecule has 4 aliphatic rings. The summed E-state index contributed by atoms with van der Waals surface area (Å²) in [4.78, 5) is 11.7. The molecule has 0 atom stereocenters. The van der Waals surface area contributed by atoms with Gasteiger partial charge in [0.15, 0.2) is 0 Å². The minimum absolute atomic E-state index is 0.172. The largest absolute Gasteiger partial charge is 0.355 e. The second-order valence-corrected chi connectivity index (χ2v) is 6.69. The highest BCUT2D eigenvalue weighted by atomic mass is 16.1. The van der Waals surface area contributed by atoms with Crippen LogP contribution < -0.4 is 10.6 Å². The maximum absolute atomic E-state index is 11.7. The van der Waals surface area contributed by atoms with Gasteiger partial charge >= 0.3 is 0 Å². The number of rotatable bonds is 5. The Balaban J connectivity index is 1.50. The lowest BCUT2D eigenvalue weighted by molar-refractivity contribution is -0.120. The Hall–Kier alpha value is -0.570. The first-order chi connectivity index (χ1) is 8.76. The van der Waals surface area contributed by atoms with Crippen molar-refractivity contribution in [2.24, 2.45) is 23.7 Å². The second-order valence-electron chi connectivity index (χ2n) is 6.69. The van der Waals surface area contributed by atoms with Crippen molar-refractivity contribution in [2.75, 3.05) is 13.1 Å². The lowest BCUT2D eigenvalue weighted by Crippen LogP contribution is -2.56. The normalized spacial score (nSPS) is 41.1. The molecule has 4 saturated carbocycles. The number of amides is 1. The van der Waals surface area contributed by atoms with Crippen LogP contribution >= 0.6 is 0 Å². The topological polar surface area (TPSA) is 41.1 Å². The van der Waals surface area contributed by atoms with Gasteiger partial charge in [-0.25, -0.2) is 0 Å². The first kappa shape index (κ1) is 12.5. The Morgan fingerprint density at radius 2 is 1.67 bits per heavy atom. The van der Waals surface area contributed by atoms with Gasteiger partial charge in [0.25, 0.3) is 0 Å². The minimum atomic E-state index is 0.172. The van der Waals surface area contributed by atoms with E-state index < -0.39 is 0 Å². The molecule has 4 bridgehead atoms. The van der Waals surface area contributed by atoms with E-state index in [1.165, 1.54) is 32.1 Å². The summed E-state index contributed by atoms with van der Waals surface area (Å²) in [6, 6.07) is 0.630. The van der Waals surface area contributed by atoms with Crippen molar-refractivity contribution in [2.45, 2.75) is 51.5 Å². The maximum Gasteiger partial charge on any atom is 0.233 e. The van der Waals surface area contributed by atoms with E-state index in [0.717, 1.165) is 36.6 Å². The lowest BCUT2D eigenvalue weighted by Gasteiger charge is -2.54. The lowest BCUT2D eigenvalue weighted by atomic mass is 9.54. The van der Waals surface area contributed by atoms with E-state index in [-0.39, 0.29) is 5.91 Å². The van der Waals surface area contributed by atoms with Crippen LogP contribution in [0.25, 0.3) is 0 Å². The fourth-order valence-corrected chi connectivity index (χ4v) is 4.80. The SMILES string of the molecule is CCCNC(=O)CNC1C2CC3CC(C2)CC1C3. The summed E-state index contributed by atoms with van der Waals surface area (Å²) in [5.74, 6) is 3.92. The van der Waals surface area contributed by atoms with Gasteiger partial charge < -0.3 is 10.6 Å². The zero-order valence-electron chi connectivity index (χ0n) is 11.5. The highest BCUT2D eigenvalue weighted by Gasteiger charge is 2.47. The molecule has 1 amide bonds. The fraction of sp³-hybridized carbons (Fsp3) is 0.933. The summed E-state index contributed by atoms with van der Waals surface area (Å²) < 4.78 is 0. The van der Waals surface area contributed by atoms with Crippen LogP contribution in [0, 0.1) is 23.7 Å². The predicted molar refractivity (Wildman–Crippen MR) is 72.1 cm³/mol. The van der Waals surface area contributed by atoms with Gasteiger partial charge in [0, 0.05) is 12.6 Å². The summed E-state index contributed by atoms with van der Waals surface area (Å²) in [6.45, 7) is 3.42. The van der Waals surface area contributed by atoms with Crippen molar-refractivity contribution in [3.63, 3.8) is 0 Å². The molecular formula is C15H26N2O. The second kappa shape index (κ2) is 5.20. The van der Waals surface area contributed by atoms with Crippen molar-refractivity contribution in [3.8, 4) is 0 Å². The molecular weight excluding hydrogens is 224 g/mol. The molecule has 2 N–H and O–H groups in total. The molecule has 0 radical (unpaired) electrons. The van der Waals surface area contributed by atoms with Crippen molar-refractivity contribution in [1.82, 2.24) is 10.6 Å². The van der Waals surface area contributed by atoms with E-state index in [0.29, 0.717) is 12.6 Å². The first-order valence-corrected chi connectivity index (χ1v) is 7.76. The Bertz CT molecular complexity index is 288. The molecule has 102 valence electrons. The van der Waals surface area contributed by atoms with Crippen LogP contribution in [0.1, 0.15) is 45.4 Å². The van der Waals surface area contributed by atoms with Crippen molar-refractivity contribution < 1.29 is 4.79 Å². The van der Waals surface area contributed by atoms with Gasteiger partial charge in [-0.3, -0.25) is 4.79 Å². The summed E-state index contributed by atoms with van der Waals surface area (Å²) in [7, 11) is 0. The Morgan fingerprint density at radius 3 is 2.22 bits per heavy atom. The monoisotopic (exact) mass is 250 g/mol. The number of hydrogen-bond acceptors (Lipinski definition) is 2. The zero-order chi connectivity index (χ0) is 12.5. The van der Waals surface area contributed by atoms with E-state index in [2.05, 4.69) is 17.6 Å². The molecule has 0 aromatic rings. The third-order valence-corrected chi connectivity index (χ3v) is 5.30. The van der Waals surface area contributed by atoms with E-state index in [1.807, 2.05) is 0 Å². The molecule has 0 aromatic heterocycles. The average Bonchev–Trinajstić information content (AvgIpc) is 2.34. The van der Waals surface area contributed by atoms with Crippen LogP contribution in [-0.4, -0.2) is 25.0 Å². The van der Waals surface area contributed by atoms with Crippen LogP contribution in [-0.2, 0) is 4.79 Å². The van der Waals surface area contributed by atoms with E-state index in [9.17, 15) is 4.79 Å². The number of carbonyl (C=O) groups is 1. The van der Waals surface area contributed by atoms with Crippen LogP contribution in [0.15, 0.2) is 0 Å². The first-order valence-electron chi connectivity index (χ1n) is 7.76. The van der Waals surface area contributed by atoms with Crippen LogP contribution in [0.5, 0.6) is 0 Å². The Labute approximate surface area is 110 Å². The van der Waals surface area contributed by atoms with Gasteiger partial charge in [0.2, 0.25) is 5.91 Å². The van der Waals surface area contributed by atoms with Gasteiger partial charge in [-0.05, 0) is 62.2 Å². The van der Waals surface area contributed by atoms with E-state index in [4.69, 9.17) is 0 Å².